The quantitative estimate of drug-likeness (QED) is 0.818. The molecule has 0 aromatic heterocycles. The lowest BCUT2D eigenvalue weighted by atomic mass is 10.2. The average Bonchev–Trinajstić information content (AvgIpc) is 2.55. The van der Waals surface area contributed by atoms with Gasteiger partial charge in [-0.2, -0.15) is 4.31 Å². The first-order chi connectivity index (χ1) is 11.9. The third-order valence-corrected chi connectivity index (χ3v) is 6.87. The monoisotopic (exact) mass is 378 g/mol. The molecule has 134 valence electrons. The molecule has 3 rings (SSSR count). The van der Waals surface area contributed by atoms with Gasteiger partial charge in [0.15, 0.2) is 0 Å². The van der Waals surface area contributed by atoms with Crippen LogP contribution in [0.25, 0.3) is 0 Å². The van der Waals surface area contributed by atoms with E-state index >= 15 is 0 Å². The van der Waals surface area contributed by atoms with Crippen LogP contribution in [-0.2, 0) is 16.6 Å². The smallest absolute Gasteiger partial charge is 0.243 e. The van der Waals surface area contributed by atoms with Gasteiger partial charge in [-0.25, -0.2) is 8.42 Å². The second-order valence-corrected chi connectivity index (χ2v) is 8.92. The van der Waals surface area contributed by atoms with Crippen molar-refractivity contribution < 1.29 is 8.42 Å². The van der Waals surface area contributed by atoms with E-state index in [9.17, 15) is 8.42 Å². The van der Waals surface area contributed by atoms with E-state index in [1.807, 2.05) is 50.2 Å². The van der Waals surface area contributed by atoms with Crippen LogP contribution in [0, 0.1) is 13.8 Å². The zero-order valence-corrected chi connectivity index (χ0v) is 16.1. The molecule has 0 atom stereocenters. The highest BCUT2D eigenvalue weighted by Gasteiger charge is 2.29. The summed E-state index contributed by atoms with van der Waals surface area (Å²) >= 11 is 6.03. The summed E-state index contributed by atoms with van der Waals surface area (Å²) in [5, 5.41) is 0.730. The van der Waals surface area contributed by atoms with Crippen molar-refractivity contribution in [2.45, 2.75) is 25.3 Å². The van der Waals surface area contributed by atoms with Crippen LogP contribution in [0.15, 0.2) is 47.4 Å². The van der Waals surface area contributed by atoms with Gasteiger partial charge in [0, 0.05) is 37.7 Å². The van der Waals surface area contributed by atoms with E-state index in [1.54, 1.807) is 10.4 Å². The van der Waals surface area contributed by atoms with Crippen LogP contribution in [0.5, 0.6) is 0 Å². The fourth-order valence-corrected chi connectivity index (χ4v) is 5.09. The fourth-order valence-electron chi connectivity index (χ4n) is 3.25. The number of halogens is 1. The minimum absolute atomic E-state index is 0.418. The number of nitrogens with zero attached hydrogens (tertiary/aromatic N) is 2. The van der Waals surface area contributed by atoms with Crippen molar-refractivity contribution in [2.75, 3.05) is 26.2 Å². The van der Waals surface area contributed by atoms with Crippen molar-refractivity contribution >= 4 is 21.6 Å². The molecule has 0 radical (unpaired) electrons. The molecule has 6 heteroatoms. The van der Waals surface area contributed by atoms with E-state index in [4.69, 9.17) is 11.6 Å². The first-order valence-corrected chi connectivity index (χ1v) is 10.2. The Bertz CT molecular complexity index is 859. The van der Waals surface area contributed by atoms with E-state index in [2.05, 4.69) is 4.90 Å². The van der Waals surface area contributed by atoms with E-state index < -0.39 is 10.0 Å². The van der Waals surface area contributed by atoms with Crippen molar-refractivity contribution in [1.29, 1.82) is 0 Å². The number of benzene rings is 2. The molecule has 25 heavy (non-hydrogen) atoms. The van der Waals surface area contributed by atoms with Gasteiger partial charge in [0.2, 0.25) is 10.0 Å². The van der Waals surface area contributed by atoms with E-state index in [-0.39, 0.29) is 0 Å². The van der Waals surface area contributed by atoms with E-state index in [0.29, 0.717) is 18.0 Å². The Labute approximate surface area is 155 Å². The molecule has 0 amide bonds. The third kappa shape index (κ3) is 4.23. The van der Waals surface area contributed by atoms with Crippen molar-refractivity contribution in [3.05, 3.63) is 64.2 Å². The van der Waals surface area contributed by atoms with Crippen molar-refractivity contribution in [1.82, 2.24) is 9.21 Å². The predicted octanol–water partition coefficient (Wildman–Crippen LogP) is 3.46. The number of aryl methyl sites for hydroxylation is 2. The first-order valence-electron chi connectivity index (χ1n) is 8.40. The van der Waals surface area contributed by atoms with Crippen LogP contribution < -0.4 is 0 Å². The van der Waals surface area contributed by atoms with Crippen LogP contribution in [0.4, 0.5) is 0 Å². The molecule has 0 spiro atoms. The highest BCUT2D eigenvalue weighted by molar-refractivity contribution is 7.89. The summed E-state index contributed by atoms with van der Waals surface area (Å²) in [6.45, 7) is 7.07. The van der Waals surface area contributed by atoms with Crippen LogP contribution in [-0.4, -0.2) is 43.8 Å². The SMILES string of the molecule is Cc1ccc(S(=O)(=O)N2CCN(Cc3cccc(Cl)c3)CC2)c(C)c1. The van der Waals surface area contributed by atoms with Crippen LogP contribution >= 0.6 is 11.6 Å². The molecule has 1 saturated heterocycles. The summed E-state index contributed by atoms with van der Waals surface area (Å²) in [6.07, 6.45) is 0. The Morgan fingerprint density at radius 3 is 2.36 bits per heavy atom. The molecular weight excluding hydrogens is 356 g/mol. The number of rotatable bonds is 4. The molecule has 2 aromatic carbocycles. The molecule has 0 unspecified atom stereocenters. The molecule has 1 aliphatic heterocycles. The summed E-state index contributed by atoms with van der Waals surface area (Å²) in [6, 6.07) is 13.3. The van der Waals surface area contributed by atoms with Gasteiger partial charge in [0.05, 0.1) is 4.90 Å². The Kier molecular flexibility index (Phi) is 5.49. The Morgan fingerprint density at radius 2 is 1.72 bits per heavy atom. The van der Waals surface area contributed by atoms with Gasteiger partial charge in [0.25, 0.3) is 0 Å². The van der Waals surface area contributed by atoms with Crippen molar-refractivity contribution in [3.8, 4) is 0 Å². The molecule has 2 aromatic rings. The Morgan fingerprint density at radius 1 is 1.00 bits per heavy atom. The number of sulfonamides is 1. The zero-order chi connectivity index (χ0) is 18.0. The number of hydrogen-bond acceptors (Lipinski definition) is 3. The van der Waals surface area contributed by atoms with E-state index in [1.165, 1.54) is 0 Å². The van der Waals surface area contributed by atoms with Crippen molar-refractivity contribution in [2.24, 2.45) is 0 Å². The predicted molar refractivity (Wildman–Crippen MR) is 101 cm³/mol. The topological polar surface area (TPSA) is 40.6 Å². The second kappa shape index (κ2) is 7.46. The van der Waals surface area contributed by atoms with Crippen LogP contribution in [0.3, 0.4) is 0 Å². The van der Waals surface area contributed by atoms with Gasteiger partial charge >= 0.3 is 0 Å². The lowest BCUT2D eigenvalue weighted by Gasteiger charge is -2.34. The lowest BCUT2D eigenvalue weighted by Crippen LogP contribution is -2.48. The third-order valence-electron chi connectivity index (χ3n) is 4.57. The van der Waals surface area contributed by atoms with Gasteiger partial charge < -0.3 is 0 Å². The van der Waals surface area contributed by atoms with Gasteiger partial charge in [-0.3, -0.25) is 4.90 Å². The lowest BCUT2D eigenvalue weighted by molar-refractivity contribution is 0.181. The molecule has 4 nitrogen and oxygen atoms in total. The standard InChI is InChI=1S/C19H23ClN2O2S/c1-15-6-7-19(16(2)12-15)25(23,24)22-10-8-21(9-11-22)14-17-4-3-5-18(20)13-17/h3-7,12-13H,8-11,14H2,1-2H3. The number of piperazine rings is 1. The molecular formula is C19H23ClN2O2S. The van der Waals surface area contributed by atoms with Gasteiger partial charge in [-0.05, 0) is 43.2 Å². The molecule has 1 aliphatic rings. The zero-order valence-electron chi connectivity index (χ0n) is 14.6. The van der Waals surface area contributed by atoms with Crippen LogP contribution in [0.2, 0.25) is 5.02 Å². The minimum Gasteiger partial charge on any atom is -0.296 e. The Balaban J connectivity index is 1.67. The maximum Gasteiger partial charge on any atom is 0.243 e. The average molecular weight is 379 g/mol. The highest BCUT2D eigenvalue weighted by atomic mass is 35.5. The molecule has 0 N–H and O–H groups in total. The maximum absolute atomic E-state index is 12.9. The summed E-state index contributed by atoms with van der Waals surface area (Å²) in [7, 11) is -3.43. The largest absolute Gasteiger partial charge is 0.296 e. The van der Waals surface area contributed by atoms with Crippen LogP contribution in [0.1, 0.15) is 16.7 Å². The molecule has 1 heterocycles. The first kappa shape index (κ1) is 18.4. The molecule has 0 aliphatic carbocycles. The summed E-state index contributed by atoms with van der Waals surface area (Å²) in [4.78, 5) is 2.68. The highest BCUT2D eigenvalue weighted by Crippen LogP contribution is 2.22. The molecule has 0 bridgehead atoms. The summed E-state index contributed by atoms with van der Waals surface area (Å²) in [5.41, 5.74) is 3.03. The van der Waals surface area contributed by atoms with E-state index in [0.717, 1.165) is 41.3 Å². The normalized spacial score (nSPS) is 16.9. The fraction of sp³-hybridized carbons (Fsp3) is 0.368. The van der Waals surface area contributed by atoms with Gasteiger partial charge in [-0.15, -0.1) is 0 Å². The summed E-state index contributed by atoms with van der Waals surface area (Å²) < 4.78 is 27.4. The van der Waals surface area contributed by atoms with Gasteiger partial charge in [-0.1, -0.05) is 41.4 Å². The maximum atomic E-state index is 12.9. The Hall–Kier alpha value is -1.40. The van der Waals surface area contributed by atoms with Crippen molar-refractivity contribution in [3.63, 3.8) is 0 Å². The molecule has 0 saturated carbocycles. The number of hydrogen-bond donors (Lipinski definition) is 0. The molecule has 1 fully saturated rings. The van der Waals surface area contributed by atoms with Gasteiger partial charge in [0.1, 0.15) is 0 Å². The summed E-state index contributed by atoms with van der Waals surface area (Å²) in [5.74, 6) is 0. The second-order valence-electron chi connectivity index (χ2n) is 6.58. The minimum atomic E-state index is -3.43.